The van der Waals surface area contributed by atoms with Crippen molar-refractivity contribution < 1.29 is 13.9 Å². The number of hydrogen-bond acceptors (Lipinski definition) is 5. The Kier molecular flexibility index (Phi) is 5.05. The van der Waals surface area contributed by atoms with Crippen LogP contribution in [0.4, 0.5) is 15.0 Å². The Balaban J connectivity index is 2.03. The van der Waals surface area contributed by atoms with E-state index in [2.05, 4.69) is 9.97 Å². The third kappa shape index (κ3) is 4.43. The molecule has 0 unspecified atom stereocenters. The summed E-state index contributed by atoms with van der Waals surface area (Å²) >= 11 is 5.73. The molecule has 1 aromatic heterocycles. The fourth-order valence-corrected chi connectivity index (χ4v) is 2.33. The normalized spacial score (nSPS) is 16.4. The highest BCUT2D eigenvalue weighted by molar-refractivity contribution is 6.28. The molecule has 1 aliphatic heterocycles. The fraction of sp³-hybridized carbons (Fsp3) is 0.643. The van der Waals surface area contributed by atoms with Crippen molar-refractivity contribution in [3.05, 3.63) is 17.3 Å². The lowest BCUT2D eigenvalue weighted by atomic mass is 10.2. The summed E-state index contributed by atoms with van der Waals surface area (Å²) in [4.78, 5) is 23.0. The first-order valence-corrected chi connectivity index (χ1v) is 7.55. The molecule has 0 spiro atoms. The molecule has 8 heteroatoms. The van der Waals surface area contributed by atoms with E-state index in [0.717, 1.165) is 6.20 Å². The molecular formula is C14H20ClFN4O2. The zero-order valence-corrected chi connectivity index (χ0v) is 13.7. The molecule has 122 valence electrons. The van der Waals surface area contributed by atoms with Crippen molar-refractivity contribution in [2.75, 3.05) is 31.1 Å². The highest BCUT2D eigenvalue weighted by Gasteiger charge is 2.25. The van der Waals surface area contributed by atoms with E-state index in [1.807, 2.05) is 20.8 Å². The molecule has 1 amide bonds. The van der Waals surface area contributed by atoms with Gasteiger partial charge in [0.05, 0.1) is 6.20 Å². The SMILES string of the molecule is CC(C)(C)OC(=O)N1CCCN(c2nc(Cl)ncc2F)CC1. The van der Waals surface area contributed by atoms with Gasteiger partial charge in [0.15, 0.2) is 11.6 Å². The maximum Gasteiger partial charge on any atom is 0.410 e. The Morgan fingerprint density at radius 3 is 2.73 bits per heavy atom. The number of amides is 1. The Morgan fingerprint density at radius 1 is 1.32 bits per heavy atom. The van der Waals surface area contributed by atoms with E-state index in [4.69, 9.17) is 16.3 Å². The molecule has 0 radical (unpaired) electrons. The van der Waals surface area contributed by atoms with Crippen LogP contribution in [-0.4, -0.2) is 52.7 Å². The van der Waals surface area contributed by atoms with Crippen molar-refractivity contribution in [3.8, 4) is 0 Å². The highest BCUT2D eigenvalue weighted by Crippen LogP contribution is 2.20. The van der Waals surface area contributed by atoms with Gasteiger partial charge in [0.2, 0.25) is 5.28 Å². The van der Waals surface area contributed by atoms with E-state index >= 15 is 0 Å². The van der Waals surface area contributed by atoms with Gasteiger partial charge in [-0.1, -0.05) is 0 Å². The Morgan fingerprint density at radius 2 is 2.05 bits per heavy atom. The molecule has 2 heterocycles. The summed E-state index contributed by atoms with van der Waals surface area (Å²) in [6.45, 7) is 7.53. The van der Waals surface area contributed by atoms with Crippen LogP contribution in [0.2, 0.25) is 5.28 Å². The van der Waals surface area contributed by atoms with E-state index in [1.165, 1.54) is 0 Å². The van der Waals surface area contributed by atoms with Gasteiger partial charge in [-0.05, 0) is 38.8 Å². The zero-order chi connectivity index (χ0) is 16.3. The maximum absolute atomic E-state index is 13.8. The van der Waals surface area contributed by atoms with Crippen LogP contribution >= 0.6 is 11.6 Å². The molecule has 22 heavy (non-hydrogen) atoms. The smallest absolute Gasteiger partial charge is 0.410 e. The Hall–Kier alpha value is -1.63. The van der Waals surface area contributed by atoms with Gasteiger partial charge < -0.3 is 14.5 Å². The molecule has 0 bridgehead atoms. The van der Waals surface area contributed by atoms with Crippen LogP contribution in [0, 0.1) is 5.82 Å². The first-order valence-electron chi connectivity index (χ1n) is 7.17. The van der Waals surface area contributed by atoms with Crippen molar-refractivity contribution in [1.29, 1.82) is 0 Å². The standard InChI is InChI=1S/C14H20ClFN4O2/c1-14(2,3)22-13(21)20-6-4-5-19(7-8-20)11-10(16)9-17-12(15)18-11/h9H,4-8H2,1-3H3. The van der Waals surface area contributed by atoms with E-state index in [1.54, 1.807) is 9.80 Å². The molecule has 2 rings (SSSR count). The summed E-state index contributed by atoms with van der Waals surface area (Å²) in [5.41, 5.74) is -0.532. The number of rotatable bonds is 1. The highest BCUT2D eigenvalue weighted by atomic mass is 35.5. The molecule has 0 N–H and O–H groups in total. The summed E-state index contributed by atoms with van der Waals surface area (Å²) in [6, 6.07) is 0. The molecule has 0 aliphatic carbocycles. The summed E-state index contributed by atoms with van der Waals surface area (Å²) in [7, 11) is 0. The van der Waals surface area contributed by atoms with E-state index in [0.29, 0.717) is 32.6 Å². The average Bonchev–Trinajstić information content (AvgIpc) is 2.65. The lowest BCUT2D eigenvalue weighted by Gasteiger charge is -2.26. The predicted octanol–water partition coefficient (Wildman–Crippen LogP) is 2.72. The number of carbonyl (C=O) groups is 1. The van der Waals surface area contributed by atoms with E-state index in [9.17, 15) is 9.18 Å². The first kappa shape index (κ1) is 16.7. The van der Waals surface area contributed by atoms with Gasteiger partial charge in [0.25, 0.3) is 0 Å². The lowest BCUT2D eigenvalue weighted by molar-refractivity contribution is 0.0263. The van der Waals surface area contributed by atoms with Crippen molar-refractivity contribution in [2.45, 2.75) is 32.8 Å². The van der Waals surface area contributed by atoms with Crippen molar-refractivity contribution >= 4 is 23.5 Å². The van der Waals surface area contributed by atoms with Crippen LogP contribution in [0.1, 0.15) is 27.2 Å². The van der Waals surface area contributed by atoms with Crippen LogP contribution in [-0.2, 0) is 4.74 Å². The average molecular weight is 331 g/mol. The number of anilines is 1. The topological polar surface area (TPSA) is 58.6 Å². The predicted molar refractivity (Wildman–Crippen MR) is 81.6 cm³/mol. The molecule has 1 saturated heterocycles. The van der Waals surface area contributed by atoms with Crippen LogP contribution in [0.5, 0.6) is 0 Å². The number of ether oxygens (including phenoxy) is 1. The number of halogens is 2. The van der Waals surface area contributed by atoms with Gasteiger partial charge in [0, 0.05) is 26.2 Å². The van der Waals surface area contributed by atoms with Gasteiger partial charge in [0.1, 0.15) is 5.60 Å². The van der Waals surface area contributed by atoms with Gasteiger partial charge in [-0.2, -0.15) is 4.98 Å². The number of aromatic nitrogens is 2. The summed E-state index contributed by atoms with van der Waals surface area (Å²) in [5.74, 6) is -0.346. The second kappa shape index (κ2) is 6.64. The van der Waals surface area contributed by atoms with Crippen molar-refractivity contribution in [3.63, 3.8) is 0 Å². The molecule has 0 atom stereocenters. The minimum Gasteiger partial charge on any atom is -0.444 e. The van der Waals surface area contributed by atoms with Gasteiger partial charge >= 0.3 is 6.09 Å². The minimum atomic E-state index is -0.532. The van der Waals surface area contributed by atoms with Crippen molar-refractivity contribution in [1.82, 2.24) is 14.9 Å². The second-order valence-electron chi connectivity index (χ2n) is 6.12. The van der Waals surface area contributed by atoms with E-state index in [-0.39, 0.29) is 17.2 Å². The third-order valence-corrected chi connectivity index (χ3v) is 3.33. The molecule has 1 fully saturated rings. The molecular weight excluding hydrogens is 311 g/mol. The Labute approximate surface area is 134 Å². The van der Waals surface area contributed by atoms with Gasteiger partial charge in [-0.25, -0.2) is 14.2 Å². The molecule has 0 aromatic carbocycles. The van der Waals surface area contributed by atoms with E-state index < -0.39 is 11.4 Å². The van der Waals surface area contributed by atoms with Crippen LogP contribution < -0.4 is 4.90 Å². The van der Waals surface area contributed by atoms with Crippen LogP contribution in [0.15, 0.2) is 6.20 Å². The number of hydrogen-bond donors (Lipinski definition) is 0. The fourth-order valence-electron chi connectivity index (χ4n) is 2.20. The minimum absolute atomic E-state index is 0.00430. The largest absolute Gasteiger partial charge is 0.444 e. The molecule has 1 aromatic rings. The number of carbonyl (C=O) groups excluding carboxylic acids is 1. The Bertz CT molecular complexity index is 550. The summed E-state index contributed by atoms with van der Waals surface area (Å²) in [5, 5.41) is 0.00430. The second-order valence-corrected chi connectivity index (χ2v) is 6.46. The zero-order valence-electron chi connectivity index (χ0n) is 13.0. The number of nitrogens with zero attached hydrogens (tertiary/aromatic N) is 4. The molecule has 1 aliphatic rings. The monoisotopic (exact) mass is 330 g/mol. The lowest BCUT2D eigenvalue weighted by Crippen LogP contribution is -2.39. The quantitative estimate of drug-likeness (QED) is 0.741. The molecule has 0 saturated carbocycles. The van der Waals surface area contributed by atoms with Crippen molar-refractivity contribution in [2.24, 2.45) is 0 Å². The third-order valence-electron chi connectivity index (χ3n) is 3.14. The maximum atomic E-state index is 13.8. The summed E-state index contributed by atoms with van der Waals surface area (Å²) in [6.07, 6.45) is 1.40. The molecule has 6 nitrogen and oxygen atoms in total. The van der Waals surface area contributed by atoms with Gasteiger partial charge in [-0.3, -0.25) is 0 Å². The van der Waals surface area contributed by atoms with Crippen LogP contribution in [0.3, 0.4) is 0 Å². The first-order chi connectivity index (χ1) is 10.3. The summed E-state index contributed by atoms with van der Waals surface area (Å²) < 4.78 is 19.2. The van der Waals surface area contributed by atoms with Gasteiger partial charge in [-0.15, -0.1) is 0 Å². The van der Waals surface area contributed by atoms with Crippen LogP contribution in [0.25, 0.3) is 0 Å².